The zero-order chi connectivity index (χ0) is 31.1. The van der Waals surface area contributed by atoms with Crippen LogP contribution in [-0.2, 0) is 19.2 Å². The van der Waals surface area contributed by atoms with Crippen LogP contribution in [0.5, 0.6) is 0 Å². The minimum atomic E-state index is -0.883. The van der Waals surface area contributed by atoms with Gasteiger partial charge >= 0.3 is 11.9 Å². The average Bonchev–Trinajstić information content (AvgIpc) is 2.87. The fourth-order valence-electron chi connectivity index (χ4n) is 11.3. The Morgan fingerprint density at radius 3 is 2.19 bits per heavy atom. The van der Waals surface area contributed by atoms with E-state index < -0.39 is 17.4 Å². The van der Waals surface area contributed by atoms with E-state index in [-0.39, 0.29) is 75.4 Å². The highest BCUT2D eigenvalue weighted by molar-refractivity contribution is 5.95. The van der Waals surface area contributed by atoms with Crippen LogP contribution in [0.3, 0.4) is 0 Å². The van der Waals surface area contributed by atoms with Crippen LogP contribution >= 0.6 is 0 Å². The summed E-state index contributed by atoms with van der Waals surface area (Å²) in [7, 11) is 0. The van der Waals surface area contributed by atoms with Gasteiger partial charge in [-0.1, -0.05) is 47.1 Å². The predicted molar refractivity (Wildman–Crippen MR) is 160 cm³/mol. The SMILES string of the molecule is CC1(C)[C@@H](NC(=O)CCCC(=O)O)CC[C@]2(C)[C@H]3C(=O)C=C4[C@@H]5C[C@@](C)(C(=O)O)CC[C@]5(C)CC[C@@]4(C)[C@]3(C)CC[C@@H]12. The zero-order valence-corrected chi connectivity index (χ0v) is 26.9. The number of ketones is 1. The van der Waals surface area contributed by atoms with Crippen LogP contribution < -0.4 is 5.32 Å². The second-order valence-corrected chi connectivity index (χ2v) is 16.8. The quantitative estimate of drug-likeness (QED) is 0.317. The molecule has 9 atom stereocenters. The van der Waals surface area contributed by atoms with E-state index in [2.05, 4.69) is 46.9 Å². The molecular formula is C35H53NO6. The lowest BCUT2D eigenvalue weighted by Gasteiger charge is -2.70. The Bertz CT molecular complexity index is 1220. The topological polar surface area (TPSA) is 121 Å². The van der Waals surface area contributed by atoms with Crippen LogP contribution in [0.15, 0.2) is 11.6 Å². The van der Waals surface area contributed by atoms with Gasteiger partial charge in [0.2, 0.25) is 5.91 Å². The lowest BCUT2D eigenvalue weighted by molar-refractivity contribution is -0.190. The number of fused-ring (bicyclic) bond motifs is 7. The molecule has 0 radical (unpaired) electrons. The summed E-state index contributed by atoms with van der Waals surface area (Å²) >= 11 is 0. The summed E-state index contributed by atoms with van der Waals surface area (Å²) < 4.78 is 0. The number of carboxylic acids is 2. The van der Waals surface area contributed by atoms with Crippen LogP contribution in [0.25, 0.3) is 0 Å². The molecular weight excluding hydrogens is 530 g/mol. The Balaban J connectivity index is 1.45. The predicted octanol–water partition coefficient (Wildman–Crippen LogP) is 6.79. The number of carbonyl (C=O) groups excluding carboxylic acids is 2. The van der Waals surface area contributed by atoms with Gasteiger partial charge in [-0.25, -0.2) is 0 Å². The van der Waals surface area contributed by atoms with Crippen molar-refractivity contribution < 1.29 is 29.4 Å². The summed E-state index contributed by atoms with van der Waals surface area (Å²) in [5.41, 5.74) is -0.260. The van der Waals surface area contributed by atoms with E-state index in [9.17, 15) is 24.3 Å². The second-order valence-electron chi connectivity index (χ2n) is 16.8. The lowest BCUT2D eigenvalue weighted by atomic mass is 9.33. The van der Waals surface area contributed by atoms with Crippen LogP contribution in [0.1, 0.15) is 126 Å². The number of rotatable bonds is 6. The molecule has 5 rings (SSSR count). The second kappa shape index (κ2) is 9.92. The maximum atomic E-state index is 14.5. The van der Waals surface area contributed by atoms with Crippen molar-refractivity contribution in [3.63, 3.8) is 0 Å². The molecule has 0 aliphatic heterocycles. The van der Waals surface area contributed by atoms with Crippen molar-refractivity contribution >= 4 is 23.6 Å². The van der Waals surface area contributed by atoms with Crippen LogP contribution in [0, 0.1) is 50.2 Å². The molecule has 0 saturated heterocycles. The van der Waals surface area contributed by atoms with E-state index >= 15 is 0 Å². The minimum Gasteiger partial charge on any atom is -0.481 e. The van der Waals surface area contributed by atoms with Gasteiger partial charge < -0.3 is 15.5 Å². The van der Waals surface area contributed by atoms with Crippen molar-refractivity contribution in [2.24, 2.45) is 50.2 Å². The van der Waals surface area contributed by atoms with E-state index in [1.54, 1.807) is 0 Å². The average molecular weight is 584 g/mol. The molecule has 0 bridgehead atoms. The van der Waals surface area contributed by atoms with E-state index in [0.29, 0.717) is 19.3 Å². The molecule has 4 fully saturated rings. The largest absolute Gasteiger partial charge is 0.481 e. The van der Waals surface area contributed by atoms with Crippen LogP contribution in [0.4, 0.5) is 0 Å². The molecule has 0 aromatic carbocycles. The number of aliphatic carboxylic acids is 2. The highest BCUT2D eigenvalue weighted by atomic mass is 16.4. The molecule has 5 aliphatic rings. The summed E-state index contributed by atoms with van der Waals surface area (Å²) in [6, 6.07) is -0.0102. The molecule has 0 heterocycles. The van der Waals surface area contributed by atoms with Crippen molar-refractivity contribution in [1.82, 2.24) is 5.32 Å². The van der Waals surface area contributed by atoms with E-state index in [1.165, 1.54) is 5.57 Å². The number of carbonyl (C=O) groups is 4. The Hall–Kier alpha value is -2.18. The molecule has 7 nitrogen and oxygen atoms in total. The number of amides is 1. The first-order valence-electron chi connectivity index (χ1n) is 16.3. The molecule has 3 N–H and O–H groups in total. The summed E-state index contributed by atoms with van der Waals surface area (Å²) in [6.07, 6.45) is 10.4. The van der Waals surface area contributed by atoms with Gasteiger partial charge in [-0.3, -0.25) is 19.2 Å². The van der Waals surface area contributed by atoms with Crippen molar-refractivity contribution in [2.75, 3.05) is 0 Å². The van der Waals surface area contributed by atoms with Gasteiger partial charge in [-0.2, -0.15) is 0 Å². The summed E-state index contributed by atoms with van der Waals surface area (Å²) in [4.78, 5) is 50.5. The molecule has 7 heteroatoms. The molecule has 0 spiro atoms. The third kappa shape index (κ3) is 4.41. The Morgan fingerprint density at radius 2 is 1.55 bits per heavy atom. The van der Waals surface area contributed by atoms with E-state index in [4.69, 9.17) is 5.11 Å². The fourth-order valence-corrected chi connectivity index (χ4v) is 11.3. The smallest absolute Gasteiger partial charge is 0.309 e. The van der Waals surface area contributed by atoms with Crippen molar-refractivity contribution in [2.45, 2.75) is 132 Å². The van der Waals surface area contributed by atoms with E-state index in [1.807, 2.05) is 13.0 Å². The van der Waals surface area contributed by atoms with Crippen molar-refractivity contribution in [3.8, 4) is 0 Å². The lowest BCUT2D eigenvalue weighted by Crippen LogP contribution is -2.67. The molecule has 5 aliphatic carbocycles. The Morgan fingerprint density at radius 1 is 0.881 bits per heavy atom. The van der Waals surface area contributed by atoms with Gasteiger partial charge in [0, 0.05) is 24.8 Å². The Kier molecular flexibility index (Phi) is 7.38. The van der Waals surface area contributed by atoms with E-state index in [0.717, 1.165) is 44.9 Å². The minimum absolute atomic E-state index is 0.00558. The molecule has 0 aromatic rings. The zero-order valence-electron chi connectivity index (χ0n) is 26.9. The van der Waals surface area contributed by atoms with Gasteiger partial charge in [0.1, 0.15) is 0 Å². The highest BCUT2D eigenvalue weighted by Crippen LogP contribution is 2.75. The number of hydrogen-bond acceptors (Lipinski definition) is 4. The maximum Gasteiger partial charge on any atom is 0.309 e. The number of allylic oxidation sites excluding steroid dienone is 2. The molecule has 1 amide bonds. The summed E-state index contributed by atoms with van der Waals surface area (Å²) in [5, 5.41) is 22.3. The first-order valence-corrected chi connectivity index (χ1v) is 16.3. The Labute approximate surface area is 251 Å². The molecule has 0 aromatic heterocycles. The number of nitrogens with one attached hydrogen (secondary N) is 1. The van der Waals surface area contributed by atoms with Gasteiger partial charge in [-0.15, -0.1) is 0 Å². The normalized spacial score (nSPS) is 45.8. The molecule has 0 unspecified atom stereocenters. The first-order chi connectivity index (χ1) is 19.3. The molecule has 42 heavy (non-hydrogen) atoms. The first kappa shape index (κ1) is 31.3. The van der Waals surface area contributed by atoms with Gasteiger partial charge in [0.25, 0.3) is 0 Å². The van der Waals surface area contributed by atoms with Gasteiger partial charge in [0.05, 0.1) is 5.41 Å². The third-order valence-corrected chi connectivity index (χ3v) is 14.3. The van der Waals surface area contributed by atoms with Crippen molar-refractivity contribution in [3.05, 3.63) is 11.6 Å². The third-order valence-electron chi connectivity index (χ3n) is 14.3. The fraction of sp³-hybridized carbons (Fsp3) is 0.829. The van der Waals surface area contributed by atoms with Gasteiger partial charge in [-0.05, 0) is 116 Å². The standard InChI is InChI=1S/C35H53NO6/c1-30(2)24-11-14-35(7)28(33(24,5)13-12-25(30)36-26(38)9-8-10-27(39)40)23(37)19-21-22-20-32(4,29(41)42)16-15-31(22,3)17-18-34(21,35)6/h19,22,24-25,28H,8-18,20H2,1-7H3,(H,36,38)(H,39,40)(H,41,42)/t22-,24-,25-,28+,31+,32-,33-,34+,35+/m0/s1. The maximum absolute atomic E-state index is 14.5. The highest BCUT2D eigenvalue weighted by Gasteiger charge is 2.70. The number of hydrogen-bond donors (Lipinski definition) is 3. The monoisotopic (exact) mass is 583 g/mol. The van der Waals surface area contributed by atoms with Crippen LogP contribution in [-0.4, -0.2) is 39.9 Å². The van der Waals surface area contributed by atoms with Crippen molar-refractivity contribution in [1.29, 1.82) is 0 Å². The summed E-state index contributed by atoms with van der Waals surface area (Å²) in [5.74, 6) is -1.18. The van der Waals surface area contributed by atoms with Crippen LogP contribution in [0.2, 0.25) is 0 Å². The molecule has 4 saturated carbocycles. The molecule has 234 valence electrons. The van der Waals surface area contributed by atoms with Gasteiger partial charge in [0.15, 0.2) is 5.78 Å². The number of carboxylic acid groups (broad SMARTS) is 2. The summed E-state index contributed by atoms with van der Waals surface area (Å²) in [6.45, 7) is 15.8.